The maximum absolute atomic E-state index is 13.5. The lowest BCUT2D eigenvalue weighted by Gasteiger charge is -2.61. The summed E-state index contributed by atoms with van der Waals surface area (Å²) in [6, 6.07) is 10.1. The summed E-state index contributed by atoms with van der Waals surface area (Å²) in [6.45, 7) is 10.9. The Kier molecular flexibility index (Phi) is 7.65. The van der Waals surface area contributed by atoms with Crippen LogP contribution in [0.25, 0.3) is 0 Å². The number of carbonyl (C=O) groups excluding carboxylic acids is 1. The van der Waals surface area contributed by atoms with Crippen LogP contribution in [-0.2, 0) is 4.79 Å². The standard InChI is InChI=1S/C33H50O5/c1-18(2)29(20-9-7-6-8-10-20)31(38)30(37)19(3)22-11-12-23-21-15-26(34)25-16-27(35)28(36)17-33(25,5)24(21)13-14-32(22,23)4/h6-10,18-19,21-25,27-31,35-38H,11-17H2,1-5H3/t19-,21-,22+,23-,24-,25+,27-,28+,29-,30+,31+,32+,33+/m0/s1. The van der Waals surface area contributed by atoms with E-state index in [0.717, 1.165) is 31.2 Å². The quantitative estimate of drug-likeness (QED) is 0.420. The molecule has 212 valence electrons. The van der Waals surface area contributed by atoms with Crippen molar-refractivity contribution in [3.63, 3.8) is 0 Å². The van der Waals surface area contributed by atoms with E-state index in [1.165, 1.54) is 0 Å². The van der Waals surface area contributed by atoms with Crippen LogP contribution in [0.2, 0.25) is 0 Å². The molecule has 0 heterocycles. The minimum atomic E-state index is -0.836. The zero-order valence-corrected chi connectivity index (χ0v) is 24.0. The minimum absolute atomic E-state index is 0.0254. The van der Waals surface area contributed by atoms with Gasteiger partial charge in [0.1, 0.15) is 5.78 Å². The van der Waals surface area contributed by atoms with Crippen LogP contribution in [0.15, 0.2) is 30.3 Å². The van der Waals surface area contributed by atoms with Crippen LogP contribution in [0, 0.1) is 52.3 Å². The van der Waals surface area contributed by atoms with E-state index in [2.05, 4.69) is 46.8 Å². The van der Waals surface area contributed by atoms with Gasteiger partial charge in [-0.2, -0.15) is 0 Å². The molecule has 0 radical (unpaired) electrons. The average Bonchev–Trinajstić information content (AvgIpc) is 3.22. The van der Waals surface area contributed by atoms with E-state index in [9.17, 15) is 25.2 Å². The van der Waals surface area contributed by atoms with Crippen molar-refractivity contribution < 1.29 is 25.2 Å². The first kappa shape index (κ1) is 28.3. The van der Waals surface area contributed by atoms with Gasteiger partial charge in [0.2, 0.25) is 0 Å². The first-order valence-electron chi connectivity index (χ1n) is 15.2. The molecule has 0 amide bonds. The number of Topliss-reactive ketones (excluding diaryl/α,β-unsaturated/α-hetero) is 1. The van der Waals surface area contributed by atoms with E-state index in [-0.39, 0.29) is 40.3 Å². The van der Waals surface area contributed by atoms with E-state index < -0.39 is 24.4 Å². The topological polar surface area (TPSA) is 98.0 Å². The number of carbonyl (C=O) groups is 1. The summed E-state index contributed by atoms with van der Waals surface area (Å²) in [4.78, 5) is 13.5. The Morgan fingerprint density at radius 1 is 0.868 bits per heavy atom. The van der Waals surface area contributed by atoms with Gasteiger partial charge in [-0.15, -0.1) is 0 Å². The van der Waals surface area contributed by atoms with Crippen LogP contribution in [0.3, 0.4) is 0 Å². The zero-order chi connectivity index (χ0) is 27.6. The molecule has 4 N–H and O–H groups in total. The lowest BCUT2D eigenvalue weighted by atomic mass is 9.44. The van der Waals surface area contributed by atoms with Gasteiger partial charge in [0.25, 0.3) is 0 Å². The van der Waals surface area contributed by atoms with Crippen molar-refractivity contribution in [1.29, 1.82) is 0 Å². The van der Waals surface area contributed by atoms with Crippen molar-refractivity contribution in [2.75, 3.05) is 0 Å². The molecular formula is C33H50O5. The number of fused-ring (bicyclic) bond motifs is 5. The van der Waals surface area contributed by atoms with E-state index in [1.54, 1.807) is 0 Å². The number of hydrogen-bond donors (Lipinski definition) is 4. The molecule has 4 aliphatic rings. The molecule has 4 saturated carbocycles. The predicted molar refractivity (Wildman–Crippen MR) is 148 cm³/mol. The molecule has 0 spiro atoms. The Hall–Kier alpha value is -1.27. The molecule has 5 heteroatoms. The zero-order valence-electron chi connectivity index (χ0n) is 24.0. The van der Waals surface area contributed by atoms with E-state index in [0.29, 0.717) is 42.9 Å². The number of hydrogen-bond acceptors (Lipinski definition) is 5. The van der Waals surface area contributed by atoms with Crippen molar-refractivity contribution in [2.45, 2.75) is 110 Å². The Balaban J connectivity index is 1.36. The Labute approximate surface area is 229 Å². The maximum atomic E-state index is 13.5. The Morgan fingerprint density at radius 2 is 1.53 bits per heavy atom. The van der Waals surface area contributed by atoms with Gasteiger partial charge >= 0.3 is 0 Å². The van der Waals surface area contributed by atoms with Gasteiger partial charge in [0, 0.05) is 18.3 Å². The number of ketones is 1. The number of benzene rings is 1. The molecule has 38 heavy (non-hydrogen) atoms. The lowest BCUT2D eigenvalue weighted by molar-refractivity contribution is -0.175. The molecule has 1 aromatic rings. The van der Waals surface area contributed by atoms with E-state index in [4.69, 9.17) is 0 Å². The van der Waals surface area contributed by atoms with Crippen LogP contribution in [0.5, 0.6) is 0 Å². The average molecular weight is 527 g/mol. The second kappa shape index (κ2) is 10.3. The van der Waals surface area contributed by atoms with Gasteiger partial charge in [-0.1, -0.05) is 65.0 Å². The lowest BCUT2D eigenvalue weighted by Crippen LogP contribution is -2.59. The SMILES string of the molecule is CC(C)[C@@H](c1ccccc1)[C@@H](O)[C@H](O)[C@@H](C)[C@H]1CC[C@H]2[C@@H]3CC(=O)[C@H]4C[C@H](O)[C@H](O)C[C@]4(C)[C@H]3CC[C@]12C. The van der Waals surface area contributed by atoms with Crippen LogP contribution in [0.4, 0.5) is 0 Å². The van der Waals surface area contributed by atoms with Gasteiger partial charge in [0.05, 0.1) is 24.4 Å². The van der Waals surface area contributed by atoms with Crippen LogP contribution in [-0.4, -0.2) is 50.6 Å². The highest BCUT2D eigenvalue weighted by Gasteiger charge is 2.63. The molecule has 4 fully saturated rings. The molecule has 4 aliphatic carbocycles. The maximum Gasteiger partial charge on any atom is 0.136 e. The fourth-order valence-corrected chi connectivity index (χ4v) is 10.4. The normalized spacial score (nSPS) is 44.1. The summed E-state index contributed by atoms with van der Waals surface area (Å²) < 4.78 is 0. The molecule has 5 rings (SSSR count). The first-order valence-corrected chi connectivity index (χ1v) is 15.2. The summed E-state index contributed by atoms with van der Waals surface area (Å²) in [5, 5.41) is 44.0. The third kappa shape index (κ3) is 4.40. The van der Waals surface area contributed by atoms with Crippen molar-refractivity contribution in [3.8, 4) is 0 Å². The van der Waals surface area contributed by atoms with Gasteiger partial charge in [0.15, 0.2) is 0 Å². The van der Waals surface area contributed by atoms with Gasteiger partial charge < -0.3 is 20.4 Å². The third-order valence-electron chi connectivity index (χ3n) is 12.3. The van der Waals surface area contributed by atoms with Crippen LogP contribution < -0.4 is 0 Å². The molecule has 5 nitrogen and oxygen atoms in total. The summed E-state index contributed by atoms with van der Waals surface area (Å²) in [7, 11) is 0. The Morgan fingerprint density at radius 3 is 2.18 bits per heavy atom. The fourth-order valence-electron chi connectivity index (χ4n) is 10.4. The summed E-state index contributed by atoms with van der Waals surface area (Å²) >= 11 is 0. The monoisotopic (exact) mass is 526 g/mol. The van der Waals surface area contributed by atoms with Gasteiger partial charge in [-0.25, -0.2) is 0 Å². The van der Waals surface area contributed by atoms with Gasteiger partial charge in [-0.3, -0.25) is 4.79 Å². The van der Waals surface area contributed by atoms with Crippen molar-refractivity contribution in [2.24, 2.45) is 52.3 Å². The van der Waals surface area contributed by atoms with Crippen LogP contribution >= 0.6 is 0 Å². The third-order valence-corrected chi connectivity index (χ3v) is 12.3. The highest BCUT2D eigenvalue weighted by atomic mass is 16.3. The van der Waals surface area contributed by atoms with Gasteiger partial charge in [-0.05, 0) is 90.4 Å². The molecule has 0 saturated heterocycles. The molecular weight excluding hydrogens is 476 g/mol. The number of aliphatic hydroxyl groups excluding tert-OH is 4. The second-order valence-electron chi connectivity index (χ2n) is 14.4. The van der Waals surface area contributed by atoms with Crippen molar-refractivity contribution >= 4 is 5.78 Å². The fraction of sp³-hybridized carbons (Fsp3) is 0.788. The summed E-state index contributed by atoms with van der Waals surface area (Å²) in [6.07, 6.45) is 2.45. The molecule has 0 aromatic heterocycles. The summed E-state index contributed by atoms with van der Waals surface area (Å²) in [5.41, 5.74) is 0.845. The first-order chi connectivity index (χ1) is 17.9. The predicted octanol–water partition coefficient (Wildman–Crippen LogP) is 4.95. The molecule has 0 unspecified atom stereocenters. The number of rotatable bonds is 6. The highest BCUT2D eigenvalue weighted by molar-refractivity contribution is 5.83. The van der Waals surface area contributed by atoms with Crippen molar-refractivity contribution in [1.82, 2.24) is 0 Å². The minimum Gasteiger partial charge on any atom is -0.390 e. The Bertz CT molecular complexity index is 994. The van der Waals surface area contributed by atoms with E-state index >= 15 is 0 Å². The summed E-state index contributed by atoms with van der Waals surface area (Å²) in [5.74, 6) is 1.55. The highest BCUT2D eigenvalue weighted by Crippen LogP contribution is 2.68. The smallest absolute Gasteiger partial charge is 0.136 e. The van der Waals surface area contributed by atoms with E-state index in [1.807, 2.05) is 18.2 Å². The molecule has 0 bridgehead atoms. The van der Waals surface area contributed by atoms with Crippen LogP contribution in [0.1, 0.15) is 91.0 Å². The molecule has 13 atom stereocenters. The molecule has 0 aliphatic heterocycles. The van der Waals surface area contributed by atoms with Crippen molar-refractivity contribution in [3.05, 3.63) is 35.9 Å². The molecule has 1 aromatic carbocycles. The largest absolute Gasteiger partial charge is 0.390 e. The number of aliphatic hydroxyl groups is 4. The second-order valence-corrected chi connectivity index (χ2v) is 14.4.